The van der Waals surface area contributed by atoms with Gasteiger partial charge >= 0.3 is 0 Å². The van der Waals surface area contributed by atoms with E-state index in [0.29, 0.717) is 0 Å². The lowest BCUT2D eigenvalue weighted by Crippen LogP contribution is -2.14. The molecule has 2 nitrogen and oxygen atoms in total. The molecule has 0 bridgehead atoms. The molecule has 0 aliphatic carbocycles. The summed E-state index contributed by atoms with van der Waals surface area (Å²) in [6.45, 7) is 2.94. The summed E-state index contributed by atoms with van der Waals surface area (Å²) in [6.07, 6.45) is 4.07. The molecule has 0 saturated carbocycles. The first-order valence-electron chi connectivity index (χ1n) is 3.20. The summed E-state index contributed by atoms with van der Waals surface area (Å²) < 4.78 is 0. The highest BCUT2D eigenvalue weighted by Crippen LogP contribution is 1.80. The van der Waals surface area contributed by atoms with Gasteiger partial charge in [0, 0.05) is 12.6 Å². The standard InChI is InChI=1S/C7H16N2/c1-7(8)5-4-6-9(2)3/h4-5,7H,6,8H2,1-3H3/b5-4+. The van der Waals surface area contributed by atoms with Crippen molar-refractivity contribution in [3.8, 4) is 0 Å². The van der Waals surface area contributed by atoms with E-state index >= 15 is 0 Å². The lowest BCUT2D eigenvalue weighted by molar-refractivity contribution is 0.456. The Morgan fingerprint density at radius 3 is 2.44 bits per heavy atom. The Morgan fingerprint density at radius 2 is 2.11 bits per heavy atom. The van der Waals surface area contributed by atoms with Crippen LogP contribution in [0.5, 0.6) is 0 Å². The van der Waals surface area contributed by atoms with Gasteiger partial charge < -0.3 is 10.6 Å². The Bertz CT molecular complexity index is 84.9. The predicted molar refractivity (Wildman–Crippen MR) is 41.3 cm³/mol. The van der Waals surface area contributed by atoms with E-state index in [-0.39, 0.29) is 6.04 Å². The molecular formula is C7H16N2. The molecule has 0 aliphatic heterocycles. The normalized spacial score (nSPS) is 15.2. The van der Waals surface area contributed by atoms with Crippen LogP contribution in [0.1, 0.15) is 6.92 Å². The molecule has 9 heavy (non-hydrogen) atoms. The van der Waals surface area contributed by atoms with Crippen LogP contribution in [-0.2, 0) is 0 Å². The summed E-state index contributed by atoms with van der Waals surface area (Å²) in [5.41, 5.74) is 5.47. The van der Waals surface area contributed by atoms with Gasteiger partial charge in [-0.25, -0.2) is 0 Å². The molecular weight excluding hydrogens is 112 g/mol. The van der Waals surface area contributed by atoms with Crippen LogP contribution >= 0.6 is 0 Å². The van der Waals surface area contributed by atoms with Crippen LogP contribution in [0.2, 0.25) is 0 Å². The minimum absolute atomic E-state index is 0.185. The average molecular weight is 128 g/mol. The second-order valence-electron chi connectivity index (χ2n) is 2.55. The molecule has 0 aromatic carbocycles. The van der Waals surface area contributed by atoms with Crippen LogP contribution in [0.4, 0.5) is 0 Å². The molecule has 0 saturated heterocycles. The van der Waals surface area contributed by atoms with Crippen LogP contribution < -0.4 is 5.73 Å². The molecule has 1 unspecified atom stereocenters. The highest BCUT2D eigenvalue weighted by Gasteiger charge is 1.84. The summed E-state index contributed by atoms with van der Waals surface area (Å²) in [4.78, 5) is 2.10. The highest BCUT2D eigenvalue weighted by molar-refractivity contribution is 4.89. The van der Waals surface area contributed by atoms with E-state index < -0.39 is 0 Å². The fraction of sp³-hybridized carbons (Fsp3) is 0.714. The Morgan fingerprint density at radius 1 is 1.56 bits per heavy atom. The van der Waals surface area contributed by atoms with E-state index in [1.54, 1.807) is 0 Å². The molecule has 0 rings (SSSR count). The maximum absolute atomic E-state index is 5.47. The smallest absolute Gasteiger partial charge is 0.0195 e. The number of nitrogens with zero attached hydrogens (tertiary/aromatic N) is 1. The minimum Gasteiger partial charge on any atom is -0.325 e. The fourth-order valence-corrected chi connectivity index (χ4v) is 0.486. The van der Waals surface area contributed by atoms with Crippen LogP contribution in [0.15, 0.2) is 12.2 Å². The summed E-state index contributed by atoms with van der Waals surface area (Å²) in [6, 6.07) is 0.185. The van der Waals surface area contributed by atoms with Gasteiger partial charge in [-0.15, -0.1) is 0 Å². The van der Waals surface area contributed by atoms with Gasteiger partial charge in [0.1, 0.15) is 0 Å². The number of hydrogen-bond acceptors (Lipinski definition) is 2. The van der Waals surface area contributed by atoms with E-state index in [1.807, 2.05) is 27.1 Å². The lowest BCUT2D eigenvalue weighted by Gasteiger charge is -2.03. The zero-order valence-electron chi connectivity index (χ0n) is 6.46. The van der Waals surface area contributed by atoms with Gasteiger partial charge in [-0.3, -0.25) is 0 Å². The molecule has 1 atom stereocenters. The predicted octanol–water partition coefficient (Wildman–Crippen LogP) is 0.451. The number of nitrogens with two attached hydrogens (primary N) is 1. The first-order valence-corrected chi connectivity index (χ1v) is 3.20. The quantitative estimate of drug-likeness (QED) is 0.559. The van der Waals surface area contributed by atoms with Crippen molar-refractivity contribution in [2.45, 2.75) is 13.0 Å². The average Bonchev–Trinajstić information content (AvgIpc) is 1.63. The van der Waals surface area contributed by atoms with Gasteiger partial charge in [-0.05, 0) is 21.0 Å². The maximum Gasteiger partial charge on any atom is 0.0195 e. The fourth-order valence-electron chi connectivity index (χ4n) is 0.486. The monoisotopic (exact) mass is 128 g/mol. The van der Waals surface area contributed by atoms with Gasteiger partial charge in [-0.1, -0.05) is 12.2 Å². The maximum atomic E-state index is 5.47. The zero-order valence-corrected chi connectivity index (χ0v) is 6.46. The summed E-state index contributed by atoms with van der Waals surface area (Å²) >= 11 is 0. The number of hydrogen-bond donors (Lipinski definition) is 1. The van der Waals surface area contributed by atoms with Crippen LogP contribution in [0, 0.1) is 0 Å². The molecule has 2 heteroatoms. The molecule has 0 heterocycles. The van der Waals surface area contributed by atoms with Crippen LogP contribution in [0.3, 0.4) is 0 Å². The van der Waals surface area contributed by atoms with Crippen LogP contribution in [-0.4, -0.2) is 31.6 Å². The molecule has 0 spiro atoms. The van der Waals surface area contributed by atoms with Gasteiger partial charge in [0.15, 0.2) is 0 Å². The van der Waals surface area contributed by atoms with Crippen molar-refractivity contribution in [1.82, 2.24) is 4.90 Å². The van der Waals surface area contributed by atoms with E-state index in [0.717, 1.165) is 6.54 Å². The summed E-state index contributed by atoms with van der Waals surface area (Å²) in [5.74, 6) is 0. The van der Waals surface area contributed by atoms with E-state index in [9.17, 15) is 0 Å². The van der Waals surface area contributed by atoms with Gasteiger partial charge in [0.2, 0.25) is 0 Å². The van der Waals surface area contributed by atoms with E-state index in [1.165, 1.54) is 0 Å². The third kappa shape index (κ3) is 7.66. The van der Waals surface area contributed by atoms with Gasteiger partial charge in [0.05, 0.1) is 0 Å². The topological polar surface area (TPSA) is 29.3 Å². The van der Waals surface area contributed by atoms with Crippen molar-refractivity contribution in [1.29, 1.82) is 0 Å². The summed E-state index contributed by atoms with van der Waals surface area (Å²) in [5, 5.41) is 0. The first kappa shape index (κ1) is 8.66. The first-order chi connectivity index (χ1) is 4.13. The minimum atomic E-state index is 0.185. The lowest BCUT2D eigenvalue weighted by atomic mass is 10.3. The Labute approximate surface area is 57.3 Å². The van der Waals surface area contributed by atoms with Gasteiger partial charge in [0.25, 0.3) is 0 Å². The Kier molecular flexibility index (Phi) is 4.36. The van der Waals surface area contributed by atoms with Gasteiger partial charge in [-0.2, -0.15) is 0 Å². The van der Waals surface area contributed by atoms with Crippen LogP contribution in [0.25, 0.3) is 0 Å². The largest absolute Gasteiger partial charge is 0.325 e. The second kappa shape index (κ2) is 4.53. The molecule has 54 valence electrons. The van der Waals surface area contributed by atoms with E-state index in [2.05, 4.69) is 11.0 Å². The summed E-state index contributed by atoms with van der Waals surface area (Å²) in [7, 11) is 4.07. The van der Waals surface area contributed by atoms with Crippen molar-refractivity contribution in [2.75, 3.05) is 20.6 Å². The van der Waals surface area contributed by atoms with Crippen molar-refractivity contribution in [2.24, 2.45) is 5.73 Å². The highest BCUT2D eigenvalue weighted by atomic mass is 15.0. The molecule has 0 aliphatic rings. The molecule has 2 N–H and O–H groups in total. The molecule has 0 amide bonds. The van der Waals surface area contributed by atoms with Crippen molar-refractivity contribution < 1.29 is 0 Å². The molecule has 0 radical (unpaired) electrons. The number of likely N-dealkylation sites (N-methyl/N-ethyl adjacent to an activating group) is 1. The second-order valence-corrected chi connectivity index (χ2v) is 2.55. The van der Waals surface area contributed by atoms with Crippen molar-refractivity contribution in [3.05, 3.63) is 12.2 Å². The van der Waals surface area contributed by atoms with Crippen molar-refractivity contribution in [3.63, 3.8) is 0 Å². The van der Waals surface area contributed by atoms with Crippen molar-refractivity contribution >= 4 is 0 Å². The Hall–Kier alpha value is -0.340. The van der Waals surface area contributed by atoms with E-state index in [4.69, 9.17) is 5.73 Å². The molecule has 0 fully saturated rings. The third-order valence-corrected chi connectivity index (χ3v) is 0.910. The zero-order chi connectivity index (χ0) is 7.28. The Balaban J connectivity index is 3.25. The SMILES string of the molecule is CC(N)/C=C/CN(C)C. The number of rotatable bonds is 3. The molecule has 0 aromatic rings. The molecule has 0 aromatic heterocycles. The third-order valence-electron chi connectivity index (χ3n) is 0.910.